The highest BCUT2D eigenvalue weighted by atomic mass is 35.6. The maximum absolute atomic E-state index is 5.94. The molecule has 0 spiro atoms. The molecule has 0 bridgehead atoms. The molecule has 74 valence electrons. The SMILES string of the molecule is ClC(Cl)(Cl)C1CC=Cc2ccccc21. The molecular formula is C11H9Cl3. The Balaban J connectivity index is 2.46. The van der Waals surface area contributed by atoms with Crippen LogP contribution in [0.2, 0.25) is 0 Å². The van der Waals surface area contributed by atoms with Gasteiger partial charge < -0.3 is 0 Å². The highest BCUT2D eigenvalue weighted by molar-refractivity contribution is 6.68. The van der Waals surface area contributed by atoms with Gasteiger partial charge in [-0.25, -0.2) is 0 Å². The van der Waals surface area contributed by atoms with Gasteiger partial charge in [0.25, 0.3) is 0 Å². The molecule has 0 aliphatic heterocycles. The molecule has 3 heteroatoms. The summed E-state index contributed by atoms with van der Waals surface area (Å²) in [7, 11) is 0. The molecule has 0 aromatic heterocycles. The quantitative estimate of drug-likeness (QED) is 0.590. The van der Waals surface area contributed by atoms with Crippen LogP contribution in [0.25, 0.3) is 6.08 Å². The van der Waals surface area contributed by atoms with Gasteiger partial charge in [0.15, 0.2) is 3.79 Å². The van der Waals surface area contributed by atoms with Gasteiger partial charge in [0.05, 0.1) is 0 Å². The Morgan fingerprint density at radius 2 is 1.86 bits per heavy atom. The van der Waals surface area contributed by atoms with Crippen molar-refractivity contribution < 1.29 is 0 Å². The van der Waals surface area contributed by atoms with Crippen LogP contribution in [0.5, 0.6) is 0 Å². The van der Waals surface area contributed by atoms with Crippen LogP contribution in [0.3, 0.4) is 0 Å². The molecule has 1 atom stereocenters. The second-order valence-electron chi connectivity index (χ2n) is 3.36. The summed E-state index contributed by atoms with van der Waals surface area (Å²) >= 11 is 17.8. The molecule has 14 heavy (non-hydrogen) atoms. The van der Waals surface area contributed by atoms with Crippen LogP contribution in [0.15, 0.2) is 30.3 Å². The predicted molar refractivity (Wildman–Crippen MR) is 63.1 cm³/mol. The maximum Gasteiger partial charge on any atom is 0.197 e. The van der Waals surface area contributed by atoms with Crippen LogP contribution in [0.4, 0.5) is 0 Å². The average Bonchev–Trinajstić information content (AvgIpc) is 2.15. The lowest BCUT2D eigenvalue weighted by Crippen LogP contribution is -2.19. The highest BCUT2D eigenvalue weighted by Crippen LogP contribution is 2.46. The number of hydrogen-bond donors (Lipinski definition) is 0. The number of hydrogen-bond acceptors (Lipinski definition) is 0. The third-order valence-corrected chi connectivity index (χ3v) is 3.23. The van der Waals surface area contributed by atoms with Gasteiger partial charge in [-0.1, -0.05) is 71.2 Å². The van der Waals surface area contributed by atoms with Crippen molar-refractivity contribution >= 4 is 40.9 Å². The van der Waals surface area contributed by atoms with Gasteiger partial charge in [-0.3, -0.25) is 0 Å². The lowest BCUT2D eigenvalue weighted by Gasteiger charge is -2.27. The van der Waals surface area contributed by atoms with Crippen LogP contribution in [0, 0.1) is 0 Å². The van der Waals surface area contributed by atoms with E-state index in [1.165, 1.54) is 0 Å². The van der Waals surface area contributed by atoms with E-state index in [2.05, 4.69) is 12.2 Å². The molecule has 0 N–H and O–H groups in total. The Morgan fingerprint density at radius 3 is 2.57 bits per heavy atom. The fourth-order valence-electron chi connectivity index (χ4n) is 1.75. The zero-order valence-corrected chi connectivity index (χ0v) is 9.65. The smallest absolute Gasteiger partial charge is 0.0832 e. The summed E-state index contributed by atoms with van der Waals surface area (Å²) in [6.45, 7) is 0. The Kier molecular flexibility index (Phi) is 2.79. The summed E-state index contributed by atoms with van der Waals surface area (Å²) in [5.41, 5.74) is 2.27. The predicted octanol–water partition coefficient (Wildman–Crippen LogP) is 4.56. The molecule has 0 amide bonds. The van der Waals surface area contributed by atoms with Crippen molar-refractivity contribution in [3.63, 3.8) is 0 Å². The molecule has 0 saturated heterocycles. The van der Waals surface area contributed by atoms with Crippen molar-refractivity contribution in [1.82, 2.24) is 0 Å². The van der Waals surface area contributed by atoms with Crippen LogP contribution >= 0.6 is 34.8 Å². The Bertz CT molecular complexity index is 363. The van der Waals surface area contributed by atoms with E-state index in [9.17, 15) is 0 Å². The molecule has 1 aromatic carbocycles. The summed E-state index contributed by atoms with van der Waals surface area (Å²) in [6.07, 6.45) is 4.91. The topological polar surface area (TPSA) is 0 Å². The molecular weight excluding hydrogens is 238 g/mol. The monoisotopic (exact) mass is 246 g/mol. The summed E-state index contributed by atoms with van der Waals surface area (Å²) in [4.78, 5) is 0. The minimum atomic E-state index is -1.22. The highest BCUT2D eigenvalue weighted by Gasteiger charge is 2.34. The first-order valence-corrected chi connectivity index (χ1v) is 5.54. The third-order valence-electron chi connectivity index (χ3n) is 2.44. The van der Waals surface area contributed by atoms with E-state index in [0.717, 1.165) is 17.5 Å². The van der Waals surface area contributed by atoms with Gasteiger partial charge >= 0.3 is 0 Å². The van der Waals surface area contributed by atoms with E-state index >= 15 is 0 Å². The van der Waals surface area contributed by atoms with Crippen LogP contribution in [0.1, 0.15) is 23.5 Å². The van der Waals surface area contributed by atoms with Gasteiger partial charge in [0.1, 0.15) is 0 Å². The minimum absolute atomic E-state index is 0.0336. The largest absolute Gasteiger partial charge is 0.197 e. The second kappa shape index (κ2) is 3.77. The van der Waals surface area contributed by atoms with E-state index in [1.807, 2.05) is 24.3 Å². The molecule has 1 aromatic rings. The molecule has 0 radical (unpaired) electrons. The fraction of sp³-hybridized carbons (Fsp3) is 0.273. The molecule has 1 unspecified atom stereocenters. The maximum atomic E-state index is 5.94. The van der Waals surface area contributed by atoms with Gasteiger partial charge in [-0.2, -0.15) is 0 Å². The van der Waals surface area contributed by atoms with Crippen LogP contribution < -0.4 is 0 Å². The van der Waals surface area contributed by atoms with Crippen molar-refractivity contribution in [2.75, 3.05) is 0 Å². The zero-order valence-electron chi connectivity index (χ0n) is 7.38. The van der Waals surface area contributed by atoms with E-state index in [-0.39, 0.29) is 5.92 Å². The second-order valence-corrected chi connectivity index (χ2v) is 5.73. The first-order chi connectivity index (χ1) is 6.59. The lowest BCUT2D eigenvalue weighted by molar-refractivity contribution is 0.711. The van der Waals surface area contributed by atoms with Crippen molar-refractivity contribution in [3.8, 4) is 0 Å². The average molecular weight is 248 g/mol. The number of alkyl halides is 3. The van der Waals surface area contributed by atoms with E-state index in [4.69, 9.17) is 34.8 Å². The molecule has 1 aliphatic carbocycles. The van der Waals surface area contributed by atoms with Crippen molar-refractivity contribution in [2.24, 2.45) is 0 Å². The summed E-state index contributed by atoms with van der Waals surface area (Å²) in [5, 5.41) is 0. The van der Waals surface area contributed by atoms with Gasteiger partial charge in [0, 0.05) is 5.92 Å². The normalized spacial score (nSPS) is 20.6. The molecule has 0 fully saturated rings. The first-order valence-electron chi connectivity index (χ1n) is 4.41. The van der Waals surface area contributed by atoms with Gasteiger partial charge in [0.2, 0.25) is 0 Å². The number of rotatable bonds is 0. The molecule has 0 saturated carbocycles. The number of allylic oxidation sites excluding steroid dienone is 1. The van der Waals surface area contributed by atoms with Crippen molar-refractivity contribution in [3.05, 3.63) is 41.5 Å². The molecule has 2 rings (SSSR count). The standard InChI is InChI=1S/C11H9Cl3/c12-11(13,14)10-7-3-5-8-4-1-2-6-9(8)10/h1-6,10H,7H2. The Morgan fingerprint density at radius 1 is 1.14 bits per heavy atom. The Hall–Kier alpha value is -0.170. The van der Waals surface area contributed by atoms with Crippen LogP contribution in [-0.2, 0) is 0 Å². The number of fused-ring (bicyclic) bond motifs is 1. The van der Waals surface area contributed by atoms with Gasteiger partial charge in [-0.15, -0.1) is 0 Å². The molecule has 1 aliphatic rings. The fourth-order valence-corrected chi connectivity index (χ4v) is 2.37. The lowest BCUT2D eigenvalue weighted by atomic mass is 9.88. The molecule has 0 nitrogen and oxygen atoms in total. The van der Waals surface area contributed by atoms with Crippen molar-refractivity contribution in [2.45, 2.75) is 16.1 Å². The van der Waals surface area contributed by atoms with E-state index < -0.39 is 3.79 Å². The number of halogens is 3. The summed E-state index contributed by atoms with van der Waals surface area (Å²) < 4.78 is -1.22. The van der Waals surface area contributed by atoms with Crippen molar-refractivity contribution in [1.29, 1.82) is 0 Å². The van der Waals surface area contributed by atoms with E-state index in [0.29, 0.717) is 0 Å². The first kappa shape index (κ1) is 10.4. The minimum Gasteiger partial charge on any atom is -0.0832 e. The zero-order chi connectivity index (χ0) is 10.2. The summed E-state index contributed by atoms with van der Waals surface area (Å²) in [6, 6.07) is 8.02. The number of benzene rings is 1. The van der Waals surface area contributed by atoms with Crippen LogP contribution in [-0.4, -0.2) is 3.79 Å². The summed E-state index contributed by atoms with van der Waals surface area (Å²) in [5.74, 6) is -0.0336. The third kappa shape index (κ3) is 1.93. The van der Waals surface area contributed by atoms with E-state index in [1.54, 1.807) is 0 Å². The molecule has 0 heterocycles. The Labute approximate surface area is 98.5 Å². The van der Waals surface area contributed by atoms with Gasteiger partial charge in [-0.05, 0) is 17.5 Å².